The van der Waals surface area contributed by atoms with Gasteiger partial charge in [-0.3, -0.25) is 0 Å². The largest absolute Gasteiger partial charge is 0.386 e. The zero-order chi connectivity index (χ0) is 8.27. The highest BCUT2D eigenvalue weighted by atomic mass is 14.9. The maximum absolute atomic E-state index is 3.70. The Labute approximate surface area is 69.2 Å². The zero-order valence-corrected chi connectivity index (χ0v) is 7.43. The summed E-state index contributed by atoms with van der Waals surface area (Å²) in [6, 6.07) is 0.543. The van der Waals surface area contributed by atoms with E-state index in [0.29, 0.717) is 6.04 Å². The van der Waals surface area contributed by atoms with E-state index in [2.05, 4.69) is 31.8 Å². The molecule has 1 saturated carbocycles. The number of rotatable bonds is 4. The smallest absolute Gasteiger partial charge is 0.0201 e. The van der Waals surface area contributed by atoms with Gasteiger partial charge in [-0.1, -0.05) is 12.7 Å². The third-order valence-corrected chi connectivity index (χ3v) is 1.77. The fourth-order valence-corrected chi connectivity index (χ4v) is 1.16. The molecule has 1 nitrogen and oxygen atoms in total. The lowest BCUT2D eigenvalue weighted by Crippen LogP contribution is -2.22. The van der Waals surface area contributed by atoms with Crippen LogP contribution >= 0.6 is 0 Å². The van der Waals surface area contributed by atoms with Crippen molar-refractivity contribution in [3.05, 3.63) is 24.4 Å². The third-order valence-electron chi connectivity index (χ3n) is 1.77. The van der Waals surface area contributed by atoms with Gasteiger partial charge in [0.1, 0.15) is 0 Å². The molecular formula is C10H17N. The van der Waals surface area contributed by atoms with E-state index in [1.54, 1.807) is 0 Å². The van der Waals surface area contributed by atoms with Crippen molar-refractivity contribution in [3.8, 4) is 0 Å². The molecule has 0 unspecified atom stereocenters. The van der Waals surface area contributed by atoms with Crippen LogP contribution in [0.3, 0.4) is 0 Å². The van der Waals surface area contributed by atoms with Gasteiger partial charge in [0.25, 0.3) is 0 Å². The van der Waals surface area contributed by atoms with E-state index >= 15 is 0 Å². The van der Waals surface area contributed by atoms with E-state index < -0.39 is 0 Å². The van der Waals surface area contributed by atoms with Crippen LogP contribution in [0.1, 0.15) is 26.7 Å². The maximum atomic E-state index is 3.70. The molecule has 0 atom stereocenters. The summed E-state index contributed by atoms with van der Waals surface area (Å²) in [4.78, 5) is 0. The van der Waals surface area contributed by atoms with Crippen molar-refractivity contribution >= 4 is 0 Å². The molecule has 0 aliphatic heterocycles. The van der Waals surface area contributed by atoms with Crippen molar-refractivity contribution in [1.82, 2.24) is 5.32 Å². The first-order valence-corrected chi connectivity index (χ1v) is 4.33. The quantitative estimate of drug-likeness (QED) is 0.609. The van der Waals surface area contributed by atoms with Crippen molar-refractivity contribution < 1.29 is 0 Å². The Kier molecular flexibility index (Phi) is 2.75. The number of allylic oxidation sites excluding steroid dienone is 3. The van der Waals surface area contributed by atoms with Gasteiger partial charge < -0.3 is 5.32 Å². The minimum atomic E-state index is 0.543. The lowest BCUT2D eigenvalue weighted by atomic mass is 10.2. The molecule has 0 aromatic carbocycles. The summed E-state index contributed by atoms with van der Waals surface area (Å²) in [6.07, 6.45) is 6.65. The molecule has 0 heterocycles. The summed E-state index contributed by atoms with van der Waals surface area (Å²) in [7, 11) is 0. The predicted octanol–water partition coefficient (Wildman–Crippen LogP) is 2.46. The molecule has 0 aromatic rings. The fraction of sp³-hybridized carbons (Fsp3) is 0.600. The molecule has 62 valence electrons. The highest BCUT2D eigenvalue weighted by molar-refractivity contribution is 5.16. The van der Waals surface area contributed by atoms with Crippen LogP contribution < -0.4 is 5.32 Å². The lowest BCUT2D eigenvalue weighted by Gasteiger charge is -2.12. The van der Waals surface area contributed by atoms with Crippen molar-refractivity contribution in [2.75, 3.05) is 0 Å². The van der Waals surface area contributed by atoms with Crippen molar-refractivity contribution in [2.24, 2.45) is 5.92 Å². The van der Waals surface area contributed by atoms with E-state index in [4.69, 9.17) is 0 Å². The summed E-state index contributed by atoms with van der Waals surface area (Å²) in [6.45, 7) is 8.03. The van der Waals surface area contributed by atoms with Gasteiger partial charge in [-0.2, -0.15) is 0 Å². The minimum Gasteiger partial charge on any atom is -0.386 e. The number of nitrogens with one attached hydrogen (secondary N) is 1. The third kappa shape index (κ3) is 2.79. The van der Waals surface area contributed by atoms with E-state index in [0.717, 1.165) is 5.92 Å². The highest BCUT2D eigenvalue weighted by Gasteiger charge is 2.25. The molecule has 1 heteroatoms. The van der Waals surface area contributed by atoms with Gasteiger partial charge in [-0.15, -0.1) is 0 Å². The van der Waals surface area contributed by atoms with Crippen LogP contribution in [0.25, 0.3) is 0 Å². The van der Waals surface area contributed by atoms with Gasteiger partial charge in [-0.25, -0.2) is 0 Å². The van der Waals surface area contributed by atoms with Crippen molar-refractivity contribution in [2.45, 2.75) is 32.7 Å². The van der Waals surface area contributed by atoms with Crippen molar-refractivity contribution in [1.29, 1.82) is 0 Å². The molecule has 1 aliphatic rings. The van der Waals surface area contributed by atoms with Gasteiger partial charge in [0.2, 0.25) is 0 Å². The molecule has 0 bridgehead atoms. The lowest BCUT2D eigenvalue weighted by molar-refractivity contribution is 0.635. The first-order valence-electron chi connectivity index (χ1n) is 4.33. The first kappa shape index (κ1) is 8.38. The van der Waals surface area contributed by atoms with Crippen LogP contribution in [-0.4, -0.2) is 6.04 Å². The number of hydrogen-bond acceptors (Lipinski definition) is 1. The Bertz CT molecular complexity index is 164. The summed E-state index contributed by atoms with van der Waals surface area (Å²) < 4.78 is 0. The Morgan fingerprint density at radius 2 is 2.18 bits per heavy atom. The Balaban J connectivity index is 2.45. The van der Waals surface area contributed by atoms with E-state index in [-0.39, 0.29) is 0 Å². The Morgan fingerprint density at radius 1 is 1.55 bits per heavy atom. The zero-order valence-electron chi connectivity index (χ0n) is 7.43. The molecule has 0 radical (unpaired) electrons. The summed E-state index contributed by atoms with van der Waals surface area (Å²) in [5, 5.41) is 3.43. The number of hydrogen-bond donors (Lipinski definition) is 1. The Morgan fingerprint density at radius 3 is 2.55 bits per heavy atom. The van der Waals surface area contributed by atoms with Crippen LogP contribution in [0.4, 0.5) is 0 Å². The molecule has 0 spiro atoms. The second kappa shape index (κ2) is 3.61. The molecule has 11 heavy (non-hydrogen) atoms. The van der Waals surface area contributed by atoms with Gasteiger partial charge in [-0.05, 0) is 38.7 Å². The van der Waals surface area contributed by atoms with E-state index in [1.165, 1.54) is 18.5 Å². The Hall–Kier alpha value is -0.720. The molecule has 1 N–H and O–H groups in total. The summed E-state index contributed by atoms with van der Waals surface area (Å²) in [5.41, 5.74) is 1.37. The van der Waals surface area contributed by atoms with Gasteiger partial charge in [0.05, 0.1) is 0 Å². The van der Waals surface area contributed by atoms with Crippen LogP contribution in [0.5, 0.6) is 0 Å². The second-order valence-corrected chi connectivity index (χ2v) is 3.43. The van der Waals surface area contributed by atoms with Crippen LogP contribution in [0, 0.1) is 5.92 Å². The standard InChI is InChI=1S/C10H17N/c1-4-5-10(9-6-7-9)11-8(2)3/h4-5,8-9,11H,1,6-7H2,2-3H3/b10-5-. The average Bonchev–Trinajstić information content (AvgIpc) is 2.66. The van der Waals surface area contributed by atoms with E-state index in [1.807, 2.05) is 6.08 Å². The summed E-state index contributed by atoms with van der Waals surface area (Å²) in [5.74, 6) is 0.801. The van der Waals surface area contributed by atoms with Crippen molar-refractivity contribution in [3.63, 3.8) is 0 Å². The normalized spacial score (nSPS) is 18.6. The molecular weight excluding hydrogens is 134 g/mol. The summed E-state index contributed by atoms with van der Waals surface area (Å²) >= 11 is 0. The molecule has 1 rings (SSSR count). The molecule has 0 amide bonds. The van der Waals surface area contributed by atoms with Gasteiger partial charge in [0.15, 0.2) is 0 Å². The minimum absolute atomic E-state index is 0.543. The van der Waals surface area contributed by atoms with Crippen LogP contribution in [0.2, 0.25) is 0 Å². The topological polar surface area (TPSA) is 12.0 Å². The SMILES string of the molecule is C=C/C=C(\NC(C)C)C1CC1. The monoisotopic (exact) mass is 151 g/mol. The van der Waals surface area contributed by atoms with Gasteiger partial charge in [0, 0.05) is 11.7 Å². The molecule has 0 aromatic heterocycles. The first-order chi connectivity index (χ1) is 5.24. The maximum Gasteiger partial charge on any atom is 0.0201 e. The second-order valence-electron chi connectivity index (χ2n) is 3.43. The fourth-order valence-electron chi connectivity index (χ4n) is 1.16. The average molecular weight is 151 g/mol. The predicted molar refractivity (Wildman–Crippen MR) is 49.3 cm³/mol. The molecule has 0 saturated heterocycles. The highest BCUT2D eigenvalue weighted by Crippen LogP contribution is 2.35. The molecule has 1 aliphatic carbocycles. The van der Waals surface area contributed by atoms with Crippen LogP contribution in [0.15, 0.2) is 24.4 Å². The molecule has 1 fully saturated rings. The van der Waals surface area contributed by atoms with E-state index in [9.17, 15) is 0 Å². The van der Waals surface area contributed by atoms with Gasteiger partial charge >= 0.3 is 0 Å². The van der Waals surface area contributed by atoms with Crippen LogP contribution in [-0.2, 0) is 0 Å².